The largest absolute Gasteiger partial charge is 0.480 e. The molecule has 0 bridgehead atoms. The zero-order valence-electron chi connectivity index (χ0n) is 27.3. The maximum absolute atomic E-state index is 12.1. The van der Waals surface area contributed by atoms with Crippen LogP contribution in [0, 0.1) is 17.8 Å². The van der Waals surface area contributed by atoms with E-state index in [1.807, 2.05) is 67.6 Å². The maximum atomic E-state index is 12.1. The lowest BCUT2D eigenvalue weighted by atomic mass is 9.83. The summed E-state index contributed by atoms with van der Waals surface area (Å²) in [6.45, 7) is 10.9. The lowest BCUT2D eigenvalue weighted by Gasteiger charge is -2.35. The average molecular weight is 615 g/mol. The summed E-state index contributed by atoms with van der Waals surface area (Å²) >= 11 is 0. The summed E-state index contributed by atoms with van der Waals surface area (Å²) in [5, 5.41) is 18.0. The predicted octanol–water partition coefficient (Wildman–Crippen LogP) is 8.05. The average Bonchev–Trinajstić information content (AvgIpc) is 3.75. The summed E-state index contributed by atoms with van der Waals surface area (Å²) in [5.41, 5.74) is 3.01. The zero-order chi connectivity index (χ0) is 31.7. The predicted molar refractivity (Wildman–Crippen MR) is 183 cm³/mol. The molecule has 7 heteroatoms. The van der Waals surface area contributed by atoms with Gasteiger partial charge in [-0.05, 0) is 111 Å². The van der Waals surface area contributed by atoms with Crippen molar-refractivity contribution in [2.24, 2.45) is 17.8 Å². The lowest BCUT2D eigenvalue weighted by molar-refractivity contribution is -0.145. The molecule has 0 radical (unpaired) electrons. The summed E-state index contributed by atoms with van der Waals surface area (Å²) in [5.74, 6) is 1.20. The van der Waals surface area contributed by atoms with Crippen molar-refractivity contribution in [3.05, 3.63) is 85.0 Å². The first-order chi connectivity index (χ1) is 22.1. The topological polar surface area (TPSA) is 82.7 Å². The molecule has 45 heavy (non-hydrogen) atoms. The third-order valence-corrected chi connectivity index (χ3v) is 9.71. The first-order valence-electron chi connectivity index (χ1n) is 17.2. The van der Waals surface area contributed by atoms with Crippen LogP contribution in [0.3, 0.4) is 0 Å². The van der Waals surface area contributed by atoms with E-state index in [9.17, 15) is 9.90 Å². The molecule has 0 spiro atoms. The number of aliphatic carboxylic acids is 1. The van der Waals surface area contributed by atoms with Crippen LogP contribution in [0.15, 0.2) is 84.0 Å². The number of carboxylic acid groups (broad SMARTS) is 1. The fraction of sp³-hybridized carbons (Fsp3) is 0.553. The van der Waals surface area contributed by atoms with E-state index in [-0.39, 0.29) is 6.04 Å². The smallest absolute Gasteiger partial charge is 0.321 e. The van der Waals surface area contributed by atoms with Crippen molar-refractivity contribution in [2.45, 2.75) is 83.6 Å². The van der Waals surface area contributed by atoms with Crippen LogP contribution in [0.1, 0.15) is 76.7 Å². The fourth-order valence-electron chi connectivity index (χ4n) is 7.36. The van der Waals surface area contributed by atoms with E-state index in [2.05, 4.69) is 32.8 Å². The molecular weight excluding hydrogens is 560 g/mol. The van der Waals surface area contributed by atoms with Gasteiger partial charge in [0, 0.05) is 13.1 Å². The van der Waals surface area contributed by atoms with Crippen molar-refractivity contribution in [1.29, 1.82) is 0 Å². The quantitative estimate of drug-likeness (QED) is 0.231. The van der Waals surface area contributed by atoms with Gasteiger partial charge >= 0.3 is 5.97 Å². The number of hydrogen-bond acceptors (Lipinski definition) is 6. The van der Waals surface area contributed by atoms with Crippen molar-refractivity contribution < 1.29 is 14.5 Å². The molecule has 2 aromatic carbocycles. The summed E-state index contributed by atoms with van der Waals surface area (Å²) in [4.78, 5) is 17.0. The highest BCUT2D eigenvalue weighted by Crippen LogP contribution is 2.33. The number of benzene rings is 2. The Labute approximate surface area is 270 Å². The van der Waals surface area contributed by atoms with E-state index in [1.54, 1.807) is 6.08 Å². The molecule has 7 nitrogen and oxygen atoms in total. The number of piperidine rings is 1. The van der Waals surface area contributed by atoms with Crippen LogP contribution >= 0.6 is 0 Å². The molecule has 2 atom stereocenters. The molecular formula is C38H54N4O3. The Morgan fingerprint density at radius 2 is 1.64 bits per heavy atom. The third kappa shape index (κ3) is 11.2. The van der Waals surface area contributed by atoms with Gasteiger partial charge in [-0.3, -0.25) is 9.69 Å². The van der Waals surface area contributed by atoms with Crippen molar-refractivity contribution in [2.75, 3.05) is 32.7 Å². The van der Waals surface area contributed by atoms with Gasteiger partial charge in [0.15, 0.2) is 0 Å². The number of aromatic nitrogens is 2. The van der Waals surface area contributed by atoms with Crippen LogP contribution in [0.5, 0.6) is 0 Å². The molecule has 1 saturated carbocycles. The van der Waals surface area contributed by atoms with Gasteiger partial charge in [0.25, 0.3) is 0 Å². The molecule has 3 heterocycles. The minimum Gasteiger partial charge on any atom is -0.480 e. The molecule has 3 aliphatic rings. The van der Waals surface area contributed by atoms with Crippen LogP contribution in [0.2, 0.25) is 0 Å². The molecule has 3 fully saturated rings. The van der Waals surface area contributed by atoms with Crippen LogP contribution in [-0.2, 0) is 11.2 Å². The maximum Gasteiger partial charge on any atom is 0.321 e. The van der Waals surface area contributed by atoms with Crippen molar-refractivity contribution in [3.8, 4) is 0 Å². The first-order valence-corrected chi connectivity index (χ1v) is 17.2. The minimum atomic E-state index is -0.593. The molecule has 3 aromatic rings. The number of hydrogen-bond donors (Lipinski definition) is 1. The molecule has 2 unspecified atom stereocenters. The number of nitrogens with zero attached hydrogens (tertiary/aromatic N) is 4. The van der Waals surface area contributed by atoms with Crippen molar-refractivity contribution >= 4 is 17.0 Å². The monoisotopic (exact) mass is 614 g/mol. The normalized spacial score (nSPS) is 20.7. The SMILES string of the molecule is C=C/C=C\C.O=C(O)C(C1CCCCC1)N1CCC(CN2CCC(CCCc3cccc4nonc34)CC2)C1.c1ccccc1. The van der Waals surface area contributed by atoms with Gasteiger partial charge in [-0.25, -0.2) is 4.63 Å². The standard InChI is InChI=1S/C27H40N4O3.C6H6.C5H8/c32-27(33)26(23-7-2-1-3-8-23)31-17-14-21(19-31)18-30-15-12-20(13-16-30)6-4-9-22-10-5-11-24-25(22)29-34-28-24;1-2-4-6-5-3-1;1-3-5-4-2/h5,10-11,20-21,23,26H,1-4,6-9,12-19H2,(H,32,33);1-6H;3-5H,1H2,2H3/b;;5-4-. The molecule has 1 aliphatic carbocycles. The summed E-state index contributed by atoms with van der Waals surface area (Å²) < 4.78 is 4.89. The minimum absolute atomic E-state index is 0.255. The highest BCUT2D eigenvalue weighted by molar-refractivity contribution is 5.76. The van der Waals surface area contributed by atoms with E-state index >= 15 is 0 Å². The number of likely N-dealkylation sites (tertiary alicyclic amines) is 2. The summed E-state index contributed by atoms with van der Waals surface area (Å²) in [6.07, 6.45) is 18.7. The number of carbonyl (C=O) groups is 1. The molecule has 1 aromatic heterocycles. The van der Waals surface area contributed by atoms with Gasteiger partial charge in [-0.2, -0.15) is 0 Å². The number of aryl methyl sites for hydroxylation is 1. The molecule has 0 amide bonds. The number of carboxylic acids is 1. The Morgan fingerprint density at radius 3 is 2.27 bits per heavy atom. The van der Waals surface area contributed by atoms with E-state index in [1.165, 1.54) is 63.6 Å². The summed E-state index contributed by atoms with van der Waals surface area (Å²) in [7, 11) is 0. The van der Waals surface area contributed by atoms with Crippen molar-refractivity contribution in [1.82, 2.24) is 20.1 Å². The second kappa shape index (κ2) is 19.3. The van der Waals surface area contributed by atoms with E-state index in [4.69, 9.17) is 4.63 Å². The Morgan fingerprint density at radius 1 is 0.956 bits per heavy atom. The van der Waals surface area contributed by atoms with Crippen LogP contribution in [-0.4, -0.2) is 70.0 Å². The second-order valence-electron chi connectivity index (χ2n) is 12.9. The number of fused-ring (bicyclic) bond motifs is 1. The highest BCUT2D eigenvalue weighted by atomic mass is 16.6. The van der Waals surface area contributed by atoms with Gasteiger partial charge in [0.1, 0.15) is 17.1 Å². The molecule has 244 valence electrons. The van der Waals surface area contributed by atoms with Gasteiger partial charge in [-0.1, -0.05) is 99.0 Å². The molecule has 6 rings (SSSR count). The first kappa shape index (κ1) is 34.6. The zero-order valence-corrected chi connectivity index (χ0v) is 27.3. The van der Waals surface area contributed by atoms with Crippen LogP contribution in [0.4, 0.5) is 0 Å². The molecule has 1 N–H and O–H groups in total. The lowest BCUT2D eigenvalue weighted by Crippen LogP contribution is -2.46. The summed E-state index contributed by atoms with van der Waals surface area (Å²) in [6, 6.07) is 17.9. The van der Waals surface area contributed by atoms with Gasteiger partial charge in [0.05, 0.1) is 0 Å². The third-order valence-electron chi connectivity index (χ3n) is 9.71. The Kier molecular flexibility index (Phi) is 14.8. The molecule has 2 aliphatic heterocycles. The van der Waals surface area contributed by atoms with Gasteiger partial charge in [-0.15, -0.1) is 0 Å². The highest BCUT2D eigenvalue weighted by Gasteiger charge is 2.38. The Bertz CT molecular complexity index is 1250. The number of rotatable bonds is 10. The Balaban J connectivity index is 0.000000356. The Hall–Kier alpha value is -3.29. The van der Waals surface area contributed by atoms with Crippen LogP contribution < -0.4 is 0 Å². The second-order valence-corrected chi connectivity index (χ2v) is 12.9. The molecule has 2 saturated heterocycles. The van der Waals surface area contributed by atoms with Gasteiger partial charge in [0.2, 0.25) is 0 Å². The van der Waals surface area contributed by atoms with E-state index in [0.717, 1.165) is 62.3 Å². The van der Waals surface area contributed by atoms with Crippen molar-refractivity contribution in [3.63, 3.8) is 0 Å². The van der Waals surface area contributed by atoms with E-state index < -0.39 is 5.97 Å². The van der Waals surface area contributed by atoms with Crippen LogP contribution in [0.25, 0.3) is 11.0 Å². The fourth-order valence-corrected chi connectivity index (χ4v) is 7.36. The van der Waals surface area contributed by atoms with Gasteiger partial charge < -0.3 is 10.0 Å². The number of allylic oxidation sites excluding steroid dienone is 3. The van der Waals surface area contributed by atoms with E-state index in [0.29, 0.717) is 11.8 Å².